The molecule has 4 rings (SSSR count). The van der Waals surface area contributed by atoms with E-state index in [1.54, 1.807) is 0 Å². The molecule has 1 N–H and O–H groups in total. The molecule has 1 fully saturated rings. The highest BCUT2D eigenvalue weighted by Gasteiger charge is 2.15. The number of rotatable bonds is 2. The summed E-state index contributed by atoms with van der Waals surface area (Å²) in [5.74, 6) is 1.84. The van der Waals surface area contributed by atoms with E-state index in [1.807, 2.05) is 56.0 Å². The molecule has 0 radical (unpaired) electrons. The van der Waals surface area contributed by atoms with Crippen molar-refractivity contribution in [2.24, 2.45) is 5.92 Å². The number of hydrogen-bond acceptors (Lipinski definition) is 5. The molecule has 0 saturated carbocycles. The van der Waals surface area contributed by atoms with Crippen LogP contribution in [0.5, 0.6) is 0 Å². The first-order valence-electron chi connectivity index (χ1n) is 10.3. The van der Waals surface area contributed by atoms with Crippen LogP contribution in [-0.2, 0) is 0 Å². The number of piperazine rings is 1. The van der Waals surface area contributed by atoms with Crippen LogP contribution < -0.4 is 10.2 Å². The Bertz CT molecular complexity index is 846. The van der Waals surface area contributed by atoms with Gasteiger partial charge < -0.3 is 10.2 Å². The molecule has 152 valence electrons. The van der Waals surface area contributed by atoms with Crippen molar-refractivity contribution in [2.75, 3.05) is 31.1 Å². The SMILES string of the molecule is CC.CC(C)C.Cc1ncccc1-c1cnn2ccc(N3CCNCC3)nc12. The quantitative estimate of drug-likeness (QED) is 0.720. The summed E-state index contributed by atoms with van der Waals surface area (Å²) in [5.41, 5.74) is 3.99. The summed E-state index contributed by atoms with van der Waals surface area (Å²) in [7, 11) is 0. The van der Waals surface area contributed by atoms with Crippen molar-refractivity contribution in [3.8, 4) is 11.1 Å². The molecule has 4 heterocycles. The Labute approximate surface area is 169 Å². The molecular weight excluding hydrogens is 348 g/mol. The lowest BCUT2D eigenvalue weighted by molar-refractivity contribution is 0.585. The van der Waals surface area contributed by atoms with Crippen molar-refractivity contribution in [3.05, 3.63) is 42.5 Å². The first-order valence-corrected chi connectivity index (χ1v) is 10.3. The third-order valence-electron chi connectivity index (χ3n) is 4.09. The van der Waals surface area contributed by atoms with Gasteiger partial charge in [0.1, 0.15) is 5.82 Å². The zero-order valence-corrected chi connectivity index (χ0v) is 18.1. The minimum Gasteiger partial charge on any atom is -0.354 e. The highest BCUT2D eigenvalue weighted by Crippen LogP contribution is 2.26. The fourth-order valence-electron chi connectivity index (χ4n) is 2.89. The Kier molecular flexibility index (Phi) is 8.39. The van der Waals surface area contributed by atoms with Gasteiger partial charge in [0, 0.05) is 55.4 Å². The summed E-state index contributed by atoms with van der Waals surface area (Å²) in [4.78, 5) is 11.5. The summed E-state index contributed by atoms with van der Waals surface area (Å²) < 4.78 is 1.83. The molecule has 0 spiro atoms. The lowest BCUT2D eigenvalue weighted by Crippen LogP contribution is -2.43. The first-order chi connectivity index (χ1) is 13.6. The molecule has 1 aliphatic heterocycles. The predicted molar refractivity (Wildman–Crippen MR) is 118 cm³/mol. The largest absolute Gasteiger partial charge is 0.354 e. The molecule has 0 unspecified atom stereocenters. The molecule has 3 aromatic rings. The second kappa shape index (κ2) is 10.8. The van der Waals surface area contributed by atoms with Crippen LogP contribution in [0.2, 0.25) is 0 Å². The maximum absolute atomic E-state index is 4.85. The predicted octanol–water partition coefficient (Wildman–Crippen LogP) is 4.20. The zero-order chi connectivity index (χ0) is 20.5. The van der Waals surface area contributed by atoms with E-state index in [4.69, 9.17) is 4.98 Å². The highest BCUT2D eigenvalue weighted by atomic mass is 15.3. The number of nitrogens with one attached hydrogen (secondary N) is 1. The molecule has 1 aliphatic rings. The smallest absolute Gasteiger partial charge is 0.165 e. The van der Waals surface area contributed by atoms with Crippen molar-refractivity contribution >= 4 is 11.5 Å². The number of hydrogen-bond donors (Lipinski definition) is 1. The van der Waals surface area contributed by atoms with Crippen molar-refractivity contribution < 1.29 is 0 Å². The van der Waals surface area contributed by atoms with Crippen molar-refractivity contribution in [1.82, 2.24) is 24.9 Å². The molecular formula is C22H34N6. The van der Waals surface area contributed by atoms with Gasteiger partial charge >= 0.3 is 0 Å². The summed E-state index contributed by atoms with van der Waals surface area (Å²) >= 11 is 0. The number of fused-ring (bicyclic) bond motifs is 1. The van der Waals surface area contributed by atoms with Gasteiger partial charge in [0.2, 0.25) is 0 Å². The third-order valence-corrected chi connectivity index (χ3v) is 4.09. The van der Waals surface area contributed by atoms with Gasteiger partial charge in [-0.25, -0.2) is 9.50 Å². The first kappa shape index (κ1) is 21.8. The van der Waals surface area contributed by atoms with E-state index in [2.05, 4.69) is 47.1 Å². The van der Waals surface area contributed by atoms with Crippen molar-refractivity contribution in [2.45, 2.75) is 41.5 Å². The molecule has 0 aliphatic carbocycles. The second-order valence-electron chi connectivity index (χ2n) is 7.22. The Morgan fingerprint density at radius 2 is 1.71 bits per heavy atom. The molecule has 0 amide bonds. The summed E-state index contributed by atoms with van der Waals surface area (Å²) in [6.45, 7) is 16.5. The van der Waals surface area contributed by atoms with E-state index in [1.165, 1.54) is 0 Å². The zero-order valence-electron chi connectivity index (χ0n) is 18.1. The van der Waals surface area contributed by atoms with Gasteiger partial charge in [-0.05, 0) is 25.0 Å². The lowest BCUT2D eigenvalue weighted by atomic mass is 10.1. The van der Waals surface area contributed by atoms with E-state index in [-0.39, 0.29) is 0 Å². The van der Waals surface area contributed by atoms with Crippen LogP contribution in [-0.4, -0.2) is 45.8 Å². The average Bonchev–Trinajstić information content (AvgIpc) is 3.13. The number of anilines is 1. The van der Waals surface area contributed by atoms with Gasteiger partial charge in [-0.1, -0.05) is 40.7 Å². The van der Waals surface area contributed by atoms with Crippen LogP contribution in [0, 0.1) is 12.8 Å². The fraction of sp³-hybridized carbons (Fsp3) is 0.500. The van der Waals surface area contributed by atoms with E-state index in [0.717, 1.165) is 60.4 Å². The molecule has 1 saturated heterocycles. The molecule has 0 bridgehead atoms. The van der Waals surface area contributed by atoms with E-state index < -0.39 is 0 Å². The van der Waals surface area contributed by atoms with Crippen LogP contribution in [0.15, 0.2) is 36.8 Å². The number of aromatic nitrogens is 4. The van der Waals surface area contributed by atoms with E-state index >= 15 is 0 Å². The number of aryl methyl sites for hydroxylation is 1. The average molecular weight is 383 g/mol. The Balaban J connectivity index is 0.000000419. The maximum atomic E-state index is 4.85. The van der Waals surface area contributed by atoms with Gasteiger partial charge in [-0.3, -0.25) is 4.98 Å². The Hall–Kier alpha value is -2.47. The Morgan fingerprint density at radius 1 is 1.04 bits per heavy atom. The molecule has 6 nitrogen and oxygen atoms in total. The standard InChI is InChI=1S/C16H18N6.C4H10.C2H6/c1-12-13(3-2-5-18-12)14-11-19-22-8-4-15(20-16(14)22)21-9-6-17-7-10-21;1-4(2)3;1-2/h2-5,8,11,17H,6-7,9-10H2,1H3;4H,1-3H3;1-2H3. The maximum Gasteiger partial charge on any atom is 0.165 e. The van der Waals surface area contributed by atoms with Gasteiger partial charge in [0.15, 0.2) is 5.65 Å². The van der Waals surface area contributed by atoms with Gasteiger partial charge in [0.25, 0.3) is 0 Å². The van der Waals surface area contributed by atoms with Crippen molar-refractivity contribution in [1.29, 1.82) is 0 Å². The minimum atomic E-state index is 0.833. The molecule has 28 heavy (non-hydrogen) atoms. The van der Waals surface area contributed by atoms with E-state index in [0.29, 0.717) is 0 Å². The van der Waals surface area contributed by atoms with Crippen LogP contribution in [0.3, 0.4) is 0 Å². The minimum absolute atomic E-state index is 0.833. The number of nitrogens with zero attached hydrogens (tertiary/aromatic N) is 5. The number of pyridine rings is 1. The van der Waals surface area contributed by atoms with Gasteiger partial charge in [0.05, 0.1) is 6.20 Å². The molecule has 6 heteroatoms. The Morgan fingerprint density at radius 3 is 2.36 bits per heavy atom. The summed E-state index contributed by atoms with van der Waals surface area (Å²) in [6.07, 6.45) is 5.66. The highest BCUT2D eigenvalue weighted by molar-refractivity contribution is 5.79. The van der Waals surface area contributed by atoms with Crippen LogP contribution >= 0.6 is 0 Å². The molecule has 0 aromatic carbocycles. The normalized spacial score (nSPS) is 13.6. The van der Waals surface area contributed by atoms with Crippen LogP contribution in [0.1, 0.15) is 40.3 Å². The van der Waals surface area contributed by atoms with Gasteiger partial charge in [-0.2, -0.15) is 5.10 Å². The summed E-state index contributed by atoms with van der Waals surface area (Å²) in [5, 5.41) is 7.78. The topological polar surface area (TPSA) is 58.4 Å². The lowest BCUT2D eigenvalue weighted by Gasteiger charge is -2.28. The fourth-order valence-corrected chi connectivity index (χ4v) is 2.89. The van der Waals surface area contributed by atoms with Crippen molar-refractivity contribution in [3.63, 3.8) is 0 Å². The van der Waals surface area contributed by atoms with Crippen LogP contribution in [0.25, 0.3) is 16.8 Å². The monoisotopic (exact) mass is 382 g/mol. The third kappa shape index (κ3) is 5.52. The molecule has 0 atom stereocenters. The second-order valence-corrected chi connectivity index (χ2v) is 7.22. The van der Waals surface area contributed by atoms with E-state index in [9.17, 15) is 0 Å². The summed E-state index contributed by atoms with van der Waals surface area (Å²) in [6, 6.07) is 6.05. The van der Waals surface area contributed by atoms with Crippen LogP contribution in [0.4, 0.5) is 5.82 Å². The van der Waals surface area contributed by atoms with Gasteiger partial charge in [-0.15, -0.1) is 0 Å². The molecule has 3 aromatic heterocycles.